The van der Waals surface area contributed by atoms with Crippen molar-refractivity contribution in [3.05, 3.63) is 27.6 Å². The van der Waals surface area contributed by atoms with Crippen LogP contribution in [0.1, 0.15) is 28.2 Å². The lowest BCUT2D eigenvalue weighted by Gasteiger charge is -2.32. The molecule has 0 aliphatic carbocycles. The summed E-state index contributed by atoms with van der Waals surface area (Å²) in [6, 6.07) is 4.29. The first-order valence-corrected chi connectivity index (χ1v) is 8.53. The van der Waals surface area contributed by atoms with Gasteiger partial charge in [0.1, 0.15) is 10.9 Å². The molecule has 0 spiro atoms. The molecule has 3 atom stereocenters. The van der Waals surface area contributed by atoms with Crippen molar-refractivity contribution in [2.45, 2.75) is 25.4 Å². The van der Waals surface area contributed by atoms with Gasteiger partial charge in [-0.1, -0.05) is 0 Å². The average molecular weight is 314 g/mol. The number of nitriles is 1. The van der Waals surface area contributed by atoms with Gasteiger partial charge in [-0.15, -0.1) is 11.3 Å². The van der Waals surface area contributed by atoms with Gasteiger partial charge >= 0.3 is 6.03 Å². The highest BCUT2D eigenvalue weighted by Gasteiger charge is 2.33. The summed E-state index contributed by atoms with van der Waals surface area (Å²) >= 11 is 1.48. The zero-order valence-corrected chi connectivity index (χ0v) is 13.1. The number of carbonyl (C=O) groups is 1. The van der Waals surface area contributed by atoms with E-state index in [0.29, 0.717) is 11.4 Å². The number of urea groups is 1. The molecular weight excluding hydrogens is 296 g/mol. The van der Waals surface area contributed by atoms with Gasteiger partial charge in [-0.2, -0.15) is 5.26 Å². The predicted molar refractivity (Wildman–Crippen MR) is 85.1 cm³/mol. The second-order valence-electron chi connectivity index (χ2n) is 6.35. The highest BCUT2D eigenvalue weighted by Crippen LogP contribution is 2.29. The third-order valence-electron chi connectivity index (χ3n) is 4.75. The van der Waals surface area contributed by atoms with Crippen LogP contribution < -0.4 is 5.32 Å². The van der Waals surface area contributed by atoms with Crippen molar-refractivity contribution in [1.82, 2.24) is 15.1 Å². The fourth-order valence-electron chi connectivity index (χ4n) is 3.72. The lowest BCUT2D eigenvalue weighted by molar-refractivity contribution is 0.187. The molecule has 6 heteroatoms. The standard InChI is InChI=1S/C16H18N4OS/c17-7-14-6-12-9-20(4-2-15(12)22-14)16(21)18-13-5-11-1-3-19(8-11)10-13/h2,4,6,11,13H,1,3,5,8-10H2,(H,18,21). The fraction of sp³-hybridized carbons (Fsp3) is 0.500. The summed E-state index contributed by atoms with van der Waals surface area (Å²) in [6.45, 7) is 3.90. The van der Waals surface area contributed by atoms with Gasteiger partial charge in [-0.3, -0.25) is 4.90 Å². The molecule has 1 aromatic heterocycles. The van der Waals surface area contributed by atoms with Gasteiger partial charge in [0, 0.05) is 30.2 Å². The highest BCUT2D eigenvalue weighted by molar-refractivity contribution is 7.13. The molecule has 22 heavy (non-hydrogen) atoms. The van der Waals surface area contributed by atoms with Crippen LogP contribution in [0.25, 0.3) is 6.08 Å². The molecule has 2 saturated heterocycles. The number of nitrogens with one attached hydrogen (secondary N) is 1. The maximum absolute atomic E-state index is 12.5. The number of rotatable bonds is 1. The van der Waals surface area contributed by atoms with E-state index in [9.17, 15) is 4.79 Å². The minimum absolute atomic E-state index is 0.0286. The molecule has 0 radical (unpaired) electrons. The SMILES string of the molecule is N#Cc1cc2c(s1)C=CN(C(=O)NC1CC3CCN(C3)C1)C2. The summed E-state index contributed by atoms with van der Waals surface area (Å²) in [5.41, 5.74) is 1.06. The van der Waals surface area contributed by atoms with Crippen molar-refractivity contribution in [2.24, 2.45) is 5.92 Å². The van der Waals surface area contributed by atoms with Gasteiger partial charge in [-0.25, -0.2) is 4.79 Å². The molecule has 3 aliphatic heterocycles. The Bertz CT molecular complexity index is 662. The fourth-order valence-corrected chi connectivity index (χ4v) is 4.58. The maximum atomic E-state index is 12.5. The Hall–Kier alpha value is -1.84. The van der Waals surface area contributed by atoms with E-state index in [1.807, 2.05) is 18.3 Å². The van der Waals surface area contributed by atoms with E-state index < -0.39 is 0 Å². The highest BCUT2D eigenvalue weighted by atomic mass is 32.1. The minimum Gasteiger partial charge on any atom is -0.334 e. The number of nitrogens with zero attached hydrogens (tertiary/aromatic N) is 3. The molecule has 2 bridgehead atoms. The molecule has 3 unspecified atom stereocenters. The smallest absolute Gasteiger partial charge is 0.321 e. The molecule has 4 rings (SSSR count). The molecule has 1 N–H and O–H groups in total. The minimum atomic E-state index is -0.0286. The number of hydrogen-bond acceptors (Lipinski definition) is 4. The Morgan fingerprint density at radius 3 is 3.18 bits per heavy atom. The van der Waals surface area contributed by atoms with Gasteiger partial charge in [0.15, 0.2) is 0 Å². The Kier molecular flexibility index (Phi) is 3.40. The summed E-state index contributed by atoms with van der Waals surface area (Å²) in [6.07, 6.45) is 6.12. The molecule has 4 heterocycles. The van der Waals surface area contributed by atoms with Crippen molar-refractivity contribution in [3.63, 3.8) is 0 Å². The van der Waals surface area contributed by atoms with Crippen LogP contribution in [0.4, 0.5) is 4.79 Å². The van der Waals surface area contributed by atoms with Crippen LogP contribution in [-0.2, 0) is 6.54 Å². The summed E-state index contributed by atoms with van der Waals surface area (Å²) in [4.78, 5) is 18.4. The van der Waals surface area contributed by atoms with Crippen molar-refractivity contribution in [3.8, 4) is 6.07 Å². The van der Waals surface area contributed by atoms with E-state index in [-0.39, 0.29) is 12.1 Å². The Balaban J connectivity index is 1.40. The normalized spacial score (nSPS) is 29.0. The van der Waals surface area contributed by atoms with Gasteiger partial charge in [-0.05, 0) is 43.0 Å². The van der Waals surface area contributed by atoms with Crippen LogP contribution in [-0.4, -0.2) is 41.5 Å². The van der Waals surface area contributed by atoms with E-state index in [2.05, 4.69) is 16.3 Å². The van der Waals surface area contributed by atoms with Crippen LogP contribution in [0.2, 0.25) is 0 Å². The zero-order chi connectivity index (χ0) is 15.1. The number of thiophene rings is 1. The number of carbonyl (C=O) groups excluding carboxylic acids is 1. The molecule has 0 saturated carbocycles. The average Bonchev–Trinajstić information content (AvgIpc) is 3.09. The van der Waals surface area contributed by atoms with Crippen molar-refractivity contribution in [1.29, 1.82) is 5.26 Å². The quantitative estimate of drug-likeness (QED) is 0.864. The first kappa shape index (κ1) is 13.8. The van der Waals surface area contributed by atoms with Crippen LogP contribution in [0.15, 0.2) is 12.3 Å². The molecule has 5 nitrogen and oxygen atoms in total. The molecule has 2 amide bonds. The topological polar surface area (TPSA) is 59.4 Å². The largest absolute Gasteiger partial charge is 0.334 e. The van der Waals surface area contributed by atoms with E-state index in [4.69, 9.17) is 5.26 Å². The number of piperidine rings is 1. The third kappa shape index (κ3) is 2.51. The monoisotopic (exact) mass is 314 g/mol. The van der Waals surface area contributed by atoms with Gasteiger partial charge in [0.05, 0.1) is 6.54 Å². The number of fused-ring (bicyclic) bond motifs is 3. The van der Waals surface area contributed by atoms with E-state index in [1.54, 1.807) is 4.90 Å². The molecule has 2 fully saturated rings. The van der Waals surface area contributed by atoms with Crippen molar-refractivity contribution < 1.29 is 4.79 Å². The van der Waals surface area contributed by atoms with E-state index in [0.717, 1.165) is 29.3 Å². The summed E-state index contributed by atoms with van der Waals surface area (Å²) in [7, 11) is 0. The van der Waals surface area contributed by atoms with Crippen molar-refractivity contribution >= 4 is 23.4 Å². The summed E-state index contributed by atoms with van der Waals surface area (Å²) < 4.78 is 0. The predicted octanol–water partition coefficient (Wildman–Crippen LogP) is 2.21. The molecule has 114 valence electrons. The van der Waals surface area contributed by atoms with Crippen molar-refractivity contribution in [2.75, 3.05) is 19.6 Å². The second kappa shape index (κ2) is 5.41. The Labute approximate surface area is 133 Å². The lowest BCUT2D eigenvalue weighted by Crippen LogP contribution is -2.50. The third-order valence-corrected chi connectivity index (χ3v) is 5.80. The Morgan fingerprint density at radius 2 is 2.36 bits per heavy atom. The Morgan fingerprint density at radius 1 is 1.45 bits per heavy atom. The van der Waals surface area contributed by atoms with E-state index in [1.165, 1.54) is 30.8 Å². The summed E-state index contributed by atoms with van der Waals surface area (Å²) in [5, 5.41) is 12.1. The lowest BCUT2D eigenvalue weighted by atomic mass is 9.97. The van der Waals surface area contributed by atoms with E-state index >= 15 is 0 Å². The molecule has 0 aromatic carbocycles. The van der Waals surface area contributed by atoms with Gasteiger partial charge in [0.2, 0.25) is 0 Å². The number of amides is 2. The number of hydrogen-bond donors (Lipinski definition) is 1. The maximum Gasteiger partial charge on any atom is 0.321 e. The van der Waals surface area contributed by atoms with Crippen LogP contribution in [0.3, 0.4) is 0 Å². The van der Waals surface area contributed by atoms with Crippen LogP contribution >= 0.6 is 11.3 Å². The first-order valence-electron chi connectivity index (χ1n) is 7.72. The second-order valence-corrected chi connectivity index (χ2v) is 7.44. The summed E-state index contributed by atoms with van der Waals surface area (Å²) in [5.74, 6) is 0.748. The molecule has 3 aliphatic rings. The van der Waals surface area contributed by atoms with Crippen LogP contribution in [0.5, 0.6) is 0 Å². The first-order chi connectivity index (χ1) is 10.7. The zero-order valence-electron chi connectivity index (χ0n) is 12.3. The molecular formula is C16H18N4OS. The molecule has 1 aromatic rings. The van der Waals surface area contributed by atoms with Gasteiger partial charge in [0.25, 0.3) is 0 Å². The van der Waals surface area contributed by atoms with Gasteiger partial charge < -0.3 is 10.2 Å². The van der Waals surface area contributed by atoms with Crippen LogP contribution in [0, 0.1) is 17.2 Å².